The number of rotatable bonds is 5. The first-order chi connectivity index (χ1) is 11.3. The molecular weight excluding hydrogens is 286 g/mol. The van der Waals surface area contributed by atoms with Gasteiger partial charge in [0.15, 0.2) is 0 Å². The summed E-state index contributed by atoms with van der Waals surface area (Å²) >= 11 is 0. The standard InChI is InChI=1S/C19H19N3O/c1-2-16(14-7-4-3-5-8-14)22-19-15(9-6-10-18(19)23)17-13-20-11-12-21-17/h3-13,16,22-23H,2H2,1H3. The van der Waals surface area contributed by atoms with Crippen LogP contribution in [-0.4, -0.2) is 15.1 Å². The first kappa shape index (κ1) is 15.0. The fraction of sp³-hybridized carbons (Fsp3) is 0.158. The normalized spacial score (nSPS) is 11.9. The van der Waals surface area contributed by atoms with Crippen LogP contribution in [0.1, 0.15) is 24.9 Å². The van der Waals surface area contributed by atoms with Crippen molar-refractivity contribution in [2.75, 3.05) is 5.32 Å². The maximum absolute atomic E-state index is 10.3. The molecule has 0 saturated carbocycles. The van der Waals surface area contributed by atoms with E-state index in [1.54, 1.807) is 24.7 Å². The lowest BCUT2D eigenvalue weighted by molar-refractivity contribution is 0.476. The summed E-state index contributed by atoms with van der Waals surface area (Å²) in [5.74, 6) is 0.211. The summed E-state index contributed by atoms with van der Waals surface area (Å²) in [7, 11) is 0. The Morgan fingerprint density at radius 2 is 1.87 bits per heavy atom. The summed E-state index contributed by atoms with van der Waals surface area (Å²) in [6, 6.07) is 15.8. The van der Waals surface area contributed by atoms with Gasteiger partial charge < -0.3 is 10.4 Å². The zero-order valence-electron chi connectivity index (χ0n) is 13.0. The first-order valence-electron chi connectivity index (χ1n) is 7.69. The molecule has 0 spiro atoms. The van der Waals surface area contributed by atoms with Gasteiger partial charge >= 0.3 is 0 Å². The lowest BCUT2D eigenvalue weighted by atomic mass is 10.0. The van der Waals surface area contributed by atoms with Gasteiger partial charge in [0.1, 0.15) is 5.75 Å². The molecule has 0 aliphatic rings. The minimum atomic E-state index is 0.111. The molecule has 0 amide bonds. The van der Waals surface area contributed by atoms with Crippen LogP contribution < -0.4 is 5.32 Å². The zero-order chi connectivity index (χ0) is 16.1. The van der Waals surface area contributed by atoms with Crippen molar-refractivity contribution in [3.63, 3.8) is 0 Å². The van der Waals surface area contributed by atoms with Gasteiger partial charge in [-0.25, -0.2) is 0 Å². The highest BCUT2D eigenvalue weighted by molar-refractivity contribution is 5.80. The Balaban J connectivity index is 1.99. The molecule has 3 aromatic rings. The monoisotopic (exact) mass is 305 g/mol. The number of hydrogen-bond donors (Lipinski definition) is 2. The lowest BCUT2D eigenvalue weighted by Crippen LogP contribution is -2.10. The average molecular weight is 305 g/mol. The number of anilines is 1. The Labute approximate surface area is 135 Å². The molecule has 1 unspecified atom stereocenters. The van der Waals surface area contributed by atoms with Crippen LogP contribution in [0.4, 0.5) is 5.69 Å². The van der Waals surface area contributed by atoms with Crippen molar-refractivity contribution in [3.8, 4) is 17.0 Å². The lowest BCUT2D eigenvalue weighted by Gasteiger charge is -2.21. The summed E-state index contributed by atoms with van der Waals surface area (Å²) in [4.78, 5) is 8.46. The van der Waals surface area contributed by atoms with Gasteiger partial charge in [-0.05, 0) is 18.1 Å². The van der Waals surface area contributed by atoms with Crippen LogP contribution in [0, 0.1) is 0 Å². The molecule has 1 atom stereocenters. The Bertz CT molecular complexity index is 760. The van der Waals surface area contributed by atoms with E-state index >= 15 is 0 Å². The predicted octanol–water partition coefficient (Wildman–Crippen LogP) is 4.41. The van der Waals surface area contributed by atoms with E-state index in [0.29, 0.717) is 5.69 Å². The molecule has 0 radical (unpaired) electrons. The smallest absolute Gasteiger partial charge is 0.139 e. The summed E-state index contributed by atoms with van der Waals surface area (Å²) in [6.45, 7) is 2.12. The van der Waals surface area contributed by atoms with E-state index in [2.05, 4.69) is 34.3 Å². The van der Waals surface area contributed by atoms with Gasteiger partial charge in [0.25, 0.3) is 0 Å². The van der Waals surface area contributed by atoms with Crippen LogP contribution >= 0.6 is 0 Å². The minimum Gasteiger partial charge on any atom is -0.506 e. The van der Waals surface area contributed by atoms with Crippen LogP contribution in [0.25, 0.3) is 11.3 Å². The second kappa shape index (κ2) is 6.92. The summed E-state index contributed by atoms with van der Waals surface area (Å²) in [5.41, 5.74) is 3.44. The van der Waals surface area contributed by atoms with Crippen LogP contribution in [0.3, 0.4) is 0 Å². The van der Waals surface area contributed by atoms with Gasteiger partial charge in [-0.3, -0.25) is 9.97 Å². The molecule has 4 nitrogen and oxygen atoms in total. The van der Waals surface area contributed by atoms with Crippen LogP contribution in [0.15, 0.2) is 67.1 Å². The second-order valence-corrected chi connectivity index (χ2v) is 5.31. The quantitative estimate of drug-likeness (QED) is 0.685. The number of benzene rings is 2. The van der Waals surface area contributed by atoms with Crippen molar-refractivity contribution >= 4 is 5.69 Å². The van der Waals surface area contributed by atoms with Gasteiger partial charge in [-0.15, -0.1) is 0 Å². The van der Waals surface area contributed by atoms with Crippen LogP contribution in [0.5, 0.6) is 5.75 Å². The largest absolute Gasteiger partial charge is 0.506 e. The molecule has 23 heavy (non-hydrogen) atoms. The average Bonchev–Trinajstić information content (AvgIpc) is 2.62. The Kier molecular flexibility index (Phi) is 4.52. The van der Waals surface area contributed by atoms with Gasteiger partial charge in [0.2, 0.25) is 0 Å². The van der Waals surface area contributed by atoms with Gasteiger partial charge in [-0.2, -0.15) is 0 Å². The maximum atomic E-state index is 10.3. The molecule has 0 fully saturated rings. The third-order valence-corrected chi connectivity index (χ3v) is 3.81. The van der Waals surface area contributed by atoms with Crippen molar-refractivity contribution in [2.24, 2.45) is 0 Å². The van der Waals surface area contributed by atoms with E-state index in [4.69, 9.17) is 0 Å². The van der Waals surface area contributed by atoms with Crippen molar-refractivity contribution in [2.45, 2.75) is 19.4 Å². The van der Waals surface area contributed by atoms with Gasteiger partial charge in [0.05, 0.1) is 23.6 Å². The molecule has 116 valence electrons. The predicted molar refractivity (Wildman–Crippen MR) is 92.2 cm³/mol. The first-order valence-corrected chi connectivity index (χ1v) is 7.69. The number of hydrogen-bond acceptors (Lipinski definition) is 4. The maximum Gasteiger partial charge on any atom is 0.139 e. The van der Waals surface area contributed by atoms with Gasteiger partial charge in [0, 0.05) is 18.0 Å². The molecule has 0 aliphatic heterocycles. The van der Waals surface area contributed by atoms with Crippen molar-refractivity contribution in [3.05, 3.63) is 72.7 Å². The highest BCUT2D eigenvalue weighted by Crippen LogP contribution is 2.36. The molecule has 4 heteroatoms. The number of aromatic nitrogens is 2. The fourth-order valence-corrected chi connectivity index (χ4v) is 2.62. The summed E-state index contributed by atoms with van der Waals surface area (Å²) in [5, 5.41) is 13.8. The second-order valence-electron chi connectivity index (χ2n) is 5.31. The van der Waals surface area contributed by atoms with Crippen LogP contribution in [0.2, 0.25) is 0 Å². The highest BCUT2D eigenvalue weighted by Gasteiger charge is 2.15. The third-order valence-electron chi connectivity index (χ3n) is 3.81. The summed E-state index contributed by atoms with van der Waals surface area (Å²) < 4.78 is 0. The van der Waals surface area contributed by atoms with E-state index < -0.39 is 0 Å². The van der Waals surface area contributed by atoms with E-state index in [-0.39, 0.29) is 11.8 Å². The van der Waals surface area contributed by atoms with E-state index in [1.165, 1.54) is 5.56 Å². The number of nitrogens with one attached hydrogen (secondary N) is 1. The topological polar surface area (TPSA) is 58.0 Å². The number of para-hydroxylation sites is 1. The molecular formula is C19H19N3O. The number of phenols is 1. The highest BCUT2D eigenvalue weighted by atomic mass is 16.3. The zero-order valence-corrected chi connectivity index (χ0v) is 13.0. The molecule has 1 heterocycles. The summed E-state index contributed by atoms with van der Waals surface area (Å²) in [6.07, 6.45) is 5.89. The Hall–Kier alpha value is -2.88. The third kappa shape index (κ3) is 3.31. The van der Waals surface area contributed by atoms with E-state index in [0.717, 1.165) is 17.7 Å². The molecule has 0 bridgehead atoms. The number of nitrogens with zero attached hydrogens (tertiary/aromatic N) is 2. The SMILES string of the molecule is CCC(Nc1c(O)cccc1-c1cnccn1)c1ccccc1. The number of phenolic OH excluding ortho intramolecular Hbond substituents is 1. The fourth-order valence-electron chi connectivity index (χ4n) is 2.62. The van der Waals surface area contributed by atoms with Crippen LogP contribution in [-0.2, 0) is 0 Å². The molecule has 2 aromatic carbocycles. The van der Waals surface area contributed by atoms with Crippen molar-refractivity contribution < 1.29 is 5.11 Å². The molecule has 0 saturated heterocycles. The van der Waals surface area contributed by atoms with E-state index in [9.17, 15) is 5.11 Å². The Morgan fingerprint density at radius 1 is 1.04 bits per heavy atom. The minimum absolute atomic E-state index is 0.111. The van der Waals surface area contributed by atoms with Crippen molar-refractivity contribution in [1.29, 1.82) is 0 Å². The molecule has 2 N–H and O–H groups in total. The van der Waals surface area contributed by atoms with Gasteiger partial charge in [-0.1, -0.05) is 49.4 Å². The molecule has 3 rings (SSSR count). The molecule has 1 aromatic heterocycles. The van der Waals surface area contributed by atoms with E-state index in [1.807, 2.05) is 30.3 Å². The van der Waals surface area contributed by atoms with Crippen molar-refractivity contribution in [1.82, 2.24) is 9.97 Å². The molecule has 0 aliphatic carbocycles. The Morgan fingerprint density at radius 3 is 2.57 bits per heavy atom. The number of aromatic hydroxyl groups is 1.